The number of rotatable bonds is 12. The Balaban J connectivity index is 1.07. The molecule has 10 rings (SSSR count). The number of nitrogens with zero attached hydrogens (tertiary/aromatic N) is 10. The van der Waals surface area contributed by atoms with E-state index in [1.807, 2.05) is 6.07 Å². The molecule has 9 aromatic rings. The van der Waals surface area contributed by atoms with Crippen LogP contribution >= 0.6 is 0 Å². The van der Waals surface area contributed by atoms with Crippen molar-refractivity contribution in [2.24, 2.45) is 7.05 Å². The van der Waals surface area contributed by atoms with Gasteiger partial charge in [0, 0.05) is 109 Å². The highest BCUT2D eigenvalue weighted by Crippen LogP contribution is 2.38. The monoisotopic (exact) mass is 1010 g/mol. The average Bonchev–Trinajstić information content (AvgIpc) is 4.24. The summed E-state index contributed by atoms with van der Waals surface area (Å²) in [5, 5.41) is 17.0. The number of urea groups is 2. The molecule has 5 aromatic heterocycles. The van der Waals surface area contributed by atoms with Crippen LogP contribution in [-0.2, 0) is 13.2 Å². The Morgan fingerprint density at radius 3 is 1.84 bits per heavy atom. The van der Waals surface area contributed by atoms with Crippen molar-refractivity contribution in [3.63, 3.8) is 0 Å². The van der Waals surface area contributed by atoms with Crippen LogP contribution in [0.1, 0.15) is 24.1 Å². The first-order valence-electron chi connectivity index (χ1n) is 22.9. The number of hydrogen-bond acceptors (Lipinski definition) is 10. The molecule has 1 saturated heterocycles. The predicted octanol–water partition coefficient (Wildman–Crippen LogP) is 11.9. The van der Waals surface area contributed by atoms with Crippen molar-refractivity contribution >= 4 is 40.5 Å². The van der Waals surface area contributed by atoms with Gasteiger partial charge in [0.2, 0.25) is 0 Å². The van der Waals surface area contributed by atoms with Crippen molar-refractivity contribution in [1.82, 2.24) is 39.5 Å². The van der Waals surface area contributed by atoms with Crippen molar-refractivity contribution in [2.75, 3.05) is 38.6 Å². The second-order valence-corrected chi connectivity index (χ2v) is 17.0. The highest BCUT2D eigenvalue weighted by molar-refractivity contribution is 6.13. The number of nitrogens with one attached hydrogen (secondary N) is 3. The molecule has 3 N–H and O–H groups in total. The number of anilines is 5. The molecule has 4 aromatic carbocycles. The molecule has 6 heterocycles. The molecular weight excluding hydrogens is 966 g/mol. The normalized spacial score (nSPS) is 12.4. The summed E-state index contributed by atoms with van der Waals surface area (Å²) in [6.45, 7) is 3.18. The SMILES string of the molecule is Cc1cn(-c2cc(NC(=O)N(c3ccc(Oc4ccnc(-c5cn[nH]c5)c4)cc3F)N(C(=O)Nc3cccc(N4CCCC4)c3)c3ccc(Oc4ccnc(-c5cnn(C)c5)c4)cc3F)cc(C(F)(F)F)c2)cn1. The van der Waals surface area contributed by atoms with Crippen LogP contribution in [0.4, 0.5) is 60.0 Å². The standard InChI is InChI=1S/C52H42F5N13O4/c1-32-29-68(31-60-32)39-19-35(52(55,56)57)18-37(21-39)65-51(72)70(49-11-9-40(22-45(49)54)73-42-12-14-58-46(24-42)33-26-61-62-27-33)69(50(71)64-36-6-5-7-38(20-36)67-16-3-4-17-67)48-10-8-41(23-44(48)53)74-43-13-15-59-47(25-43)34-28-63-66(2)30-34/h5-15,18-31H,3-4,16-17H2,1-2H3,(H,61,62)(H,64,71)(H,65,72). The lowest BCUT2D eigenvalue weighted by Crippen LogP contribution is -2.54. The number of hydrazine groups is 1. The largest absolute Gasteiger partial charge is 0.457 e. The third-order valence-corrected chi connectivity index (χ3v) is 11.7. The maximum Gasteiger partial charge on any atom is 0.416 e. The number of carbonyl (C=O) groups excluding carboxylic acids is 2. The summed E-state index contributed by atoms with van der Waals surface area (Å²) in [4.78, 5) is 45.1. The van der Waals surface area contributed by atoms with E-state index in [1.165, 1.54) is 53.8 Å². The van der Waals surface area contributed by atoms with Crippen LogP contribution in [0.2, 0.25) is 0 Å². The number of halogens is 5. The molecule has 0 unspecified atom stereocenters. The van der Waals surface area contributed by atoms with Gasteiger partial charge in [0.25, 0.3) is 0 Å². The van der Waals surface area contributed by atoms with E-state index in [2.05, 4.69) is 45.8 Å². The number of aryl methyl sites for hydroxylation is 2. The van der Waals surface area contributed by atoms with E-state index >= 15 is 18.4 Å². The lowest BCUT2D eigenvalue weighted by molar-refractivity contribution is -0.137. The second kappa shape index (κ2) is 20.3. The van der Waals surface area contributed by atoms with E-state index in [4.69, 9.17) is 9.47 Å². The van der Waals surface area contributed by atoms with Crippen LogP contribution in [0, 0.1) is 18.6 Å². The molecule has 22 heteroatoms. The number of ether oxygens (including phenoxy) is 2. The average molecular weight is 1010 g/mol. The zero-order valence-corrected chi connectivity index (χ0v) is 39.3. The zero-order chi connectivity index (χ0) is 51.5. The van der Waals surface area contributed by atoms with E-state index in [0.29, 0.717) is 44.3 Å². The van der Waals surface area contributed by atoms with Crippen LogP contribution < -0.4 is 35.0 Å². The third kappa shape index (κ3) is 10.7. The molecule has 0 saturated carbocycles. The quantitative estimate of drug-likeness (QED) is 0.0788. The Bertz CT molecular complexity index is 3500. The number of hydrogen-bond donors (Lipinski definition) is 3. The van der Waals surface area contributed by atoms with Gasteiger partial charge in [-0.2, -0.15) is 33.4 Å². The smallest absolute Gasteiger partial charge is 0.416 e. The summed E-state index contributed by atoms with van der Waals surface area (Å²) in [6.07, 6.45) is 9.28. The van der Waals surface area contributed by atoms with E-state index in [0.717, 1.165) is 62.0 Å². The van der Waals surface area contributed by atoms with Crippen LogP contribution in [0.5, 0.6) is 23.0 Å². The number of carbonyl (C=O) groups is 2. The first kappa shape index (κ1) is 48.0. The Kier molecular flexibility index (Phi) is 13.2. The molecule has 0 atom stereocenters. The minimum Gasteiger partial charge on any atom is -0.457 e. The maximum atomic E-state index is 17.1. The number of amides is 4. The molecule has 0 bridgehead atoms. The number of alkyl halides is 3. The number of benzene rings is 4. The number of aromatic amines is 1. The van der Waals surface area contributed by atoms with E-state index in [-0.39, 0.29) is 34.4 Å². The molecule has 1 aliphatic heterocycles. The van der Waals surface area contributed by atoms with Gasteiger partial charge < -0.3 is 29.6 Å². The van der Waals surface area contributed by atoms with Gasteiger partial charge in [-0.3, -0.25) is 19.7 Å². The molecule has 0 aliphatic carbocycles. The van der Waals surface area contributed by atoms with Crippen LogP contribution in [0.15, 0.2) is 153 Å². The second-order valence-electron chi connectivity index (χ2n) is 17.0. The first-order chi connectivity index (χ1) is 35.7. The summed E-state index contributed by atoms with van der Waals surface area (Å²) in [5.41, 5.74) is 0.945. The van der Waals surface area contributed by atoms with Gasteiger partial charge >= 0.3 is 18.2 Å². The third-order valence-electron chi connectivity index (χ3n) is 11.7. The summed E-state index contributed by atoms with van der Waals surface area (Å²) < 4.78 is 92.8. The van der Waals surface area contributed by atoms with E-state index in [1.54, 1.807) is 79.8 Å². The van der Waals surface area contributed by atoms with Crippen molar-refractivity contribution in [2.45, 2.75) is 25.9 Å². The minimum absolute atomic E-state index is 0.0436. The van der Waals surface area contributed by atoms with Crippen LogP contribution in [0.3, 0.4) is 0 Å². The molecule has 374 valence electrons. The van der Waals surface area contributed by atoms with E-state index < -0.39 is 52.5 Å². The fourth-order valence-electron chi connectivity index (χ4n) is 8.21. The van der Waals surface area contributed by atoms with Crippen molar-refractivity contribution in [3.05, 3.63) is 176 Å². The summed E-state index contributed by atoms with van der Waals surface area (Å²) in [7, 11) is 1.75. The van der Waals surface area contributed by atoms with Crippen LogP contribution in [-0.4, -0.2) is 64.6 Å². The number of aromatic nitrogens is 8. The zero-order valence-electron chi connectivity index (χ0n) is 39.3. The maximum absolute atomic E-state index is 17.1. The van der Waals surface area contributed by atoms with Crippen molar-refractivity contribution < 1.29 is 41.0 Å². The van der Waals surface area contributed by atoms with Crippen LogP contribution in [0.25, 0.3) is 28.2 Å². The van der Waals surface area contributed by atoms with Gasteiger partial charge in [-0.1, -0.05) is 6.07 Å². The Hall–Kier alpha value is -9.60. The fourth-order valence-corrected chi connectivity index (χ4v) is 8.21. The molecule has 17 nitrogen and oxygen atoms in total. The van der Waals surface area contributed by atoms with Crippen molar-refractivity contribution in [3.8, 4) is 51.2 Å². The molecule has 4 amide bonds. The molecular formula is C52H42F5N13O4. The van der Waals surface area contributed by atoms with Gasteiger partial charge in [-0.15, -0.1) is 0 Å². The topological polar surface area (TPSA) is 176 Å². The molecule has 0 spiro atoms. The molecule has 0 radical (unpaired) electrons. The van der Waals surface area contributed by atoms with Gasteiger partial charge in [0.05, 0.1) is 41.4 Å². The Morgan fingerprint density at radius 2 is 1.28 bits per heavy atom. The minimum atomic E-state index is -4.90. The number of H-pyrrole nitrogens is 1. The molecule has 1 fully saturated rings. The highest BCUT2D eigenvalue weighted by atomic mass is 19.4. The Morgan fingerprint density at radius 1 is 0.676 bits per heavy atom. The number of pyridine rings is 2. The first-order valence-corrected chi connectivity index (χ1v) is 22.9. The lowest BCUT2D eigenvalue weighted by Gasteiger charge is -2.35. The Labute approximate surface area is 418 Å². The highest BCUT2D eigenvalue weighted by Gasteiger charge is 2.36. The van der Waals surface area contributed by atoms with Gasteiger partial charge in [-0.05, 0) is 92.6 Å². The molecule has 74 heavy (non-hydrogen) atoms. The summed E-state index contributed by atoms with van der Waals surface area (Å²) in [5.74, 6) is -1.91. The predicted molar refractivity (Wildman–Crippen MR) is 265 cm³/mol. The molecule has 1 aliphatic rings. The van der Waals surface area contributed by atoms with Gasteiger partial charge in [-0.25, -0.2) is 23.4 Å². The fraction of sp³-hybridized carbons (Fsp3) is 0.135. The van der Waals surface area contributed by atoms with Crippen molar-refractivity contribution in [1.29, 1.82) is 0 Å². The van der Waals surface area contributed by atoms with E-state index in [9.17, 15) is 13.2 Å². The van der Waals surface area contributed by atoms with Gasteiger partial charge in [0.15, 0.2) is 11.6 Å². The summed E-state index contributed by atoms with van der Waals surface area (Å²) >= 11 is 0. The summed E-state index contributed by atoms with van der Waals surface area (Å²) in [6, 6.07) is 20.0. The number of imidazole rings is 1. The van der Waals surface area contributed by atoms with Gasteiger partial charge in [0.1, 0.15) is 34.4 Å². The lowest BCUT2D eigenvalue weighted by atomic mass is 10.1.